The standard InChI is InChI=1S/C37H60O5Si2/c1-14-15-18-26(2)30(41-43(10,11)36(3,4)5)24-23-28-31(42-44(12,13)37(6,7)8)25-32-34(28)29-21-16-19-27(35(29)40-32)20-17-22-33(38)39-9/h16,19,21,23-24,26,28,30-32,34H,17-18,20,22,25H2,1-13H3/b24-23+/t26?,28-,30?,31+,32-,34-/m0/s1. The van der Waals surface area contributed by atoms with Gasteiger partial charge in [0.05, 0.1) is 19.3 Å². The first kappa shape index (κ1) is 36.6. The van der Waals surface area contributed by atoms with E-state index in [1.54, 1.807) is 0 Å². The lowest BCUT2D eigenvalue weighted by atomic mass is 9.86. The Bertz CT molecular complexity index is 1230. The predicted molar refractivity (Wildman–Crippen MR) is 187 cm³/mol. The summed E-state index contributed by atoms with van der Waals surface area (Å²) in [5.74, 6) is 7.91. The van der Waals surface area contributed by atoms with Gasteiger partial charge < -0.3 is 18.3 Å². The van der Waals surface area contributed by atoms with Gasteiger partial charge >= 0.3 is 5.97 Å². The number of fused-ring (bicyclic) bond motifs is 3. The second-order valence-corrected chi connectivity index (χ2v) is 25.5. The summed E-state index contributed by atoms with van der Waals surface area (Å²) in [5.41, 5.74) is 2.45. The second-order valence-electron chi connectivity index (χ2n) is 16.0. The van der Waals surface area contributed by atoms with Crippen molar-refractivity contribution in [2.45, 2.75) is 148 Å². The predicted octanol–water partition coefficient (Wildman–Crippen LogP) is 9.43. The third-order valence-electron chi connectivity index (χ3n) is 10.7. The summed E-state index contributed by atoms with van der Waals surface area (Å²) >= 11 is 0. The largest absolute Gasteiger partial charge is 0.489 e. The van der Waals surface area contributed by atoms with Crippen LogP contribution in [-0.2, 0) is 24.8 Å². The number of esters is 1. The van der Waals surface area contributed by atoms with E-state index in [1.807, 2.05) is 6.92 Å². The van der Waals surface area contributed by atoms with Crippen LogP contribution >= 0.6 is 0 Å². The summed E-state index contributed by atoms with van der Waals surface area (Å²) in [6.45, 7) is 27.4. The van der Waals surface area contributed by atoms with E-state index in [0.29, 0.717) is 6.42 Å². The fourth-order valence-corrected chi connectivity index (χ4v) is 8.54. The van der Waals surface area contributed by atoms with Gasteiger partial charge in [-0.1, -0.05) is 78.8 Å². The highest BCUT2D eigenvalue weighted by Gasteiger charge is 2.52. The third-order valence-corrected chi connectivity index (χ3v) is 19.7. The normalized spacial score (nSPS) is 23.4. The van der Waals surface area contributed by atoms with Crippen molar-refractivity contribution < 1.29 is 23.1 Å². The molecule has 6 atom stereocenters. The first-order valence-corrected chi connectivity index (χ1v) is 22.4. The molecule has 1 heterocycles. The topological polar surface area (TPSA) is 54.0 Å². The van der Waals surface area contributed by atoms with Crippen molar-refractivity contribution in [3.05, 3.63) is 41.5 Å². The Morgan fingerprint density at radius 3 is 2.34 bits per heavy atom. The Balaban J connectivity index is 2.01. The van der Waals surface area contributed by atoms with Crippen molar-refractivity contribution in [1.29, 1.82) is 0 Å². The van der Waals surface area contributed by atoms with Crippen LogP contribution in [0.5, 0.6) is 5.75 Å². The van der Waals surface area contributed by atoms with Crippen molar-refractivity contribution in [2.24, 2.45) is 11.8 Å². The zero-order valence-electron chi connectivity index (χ0n) is 29.9. The molecule has 44 heavy (non-hydrogen) atoms. The van der Waals surface area contributed by atoms with Gasteiger partial charge in [0.25, 0.3) is 0 Å². The van der Waals surface area contributed by atoms with Crippen LogP contribution in [0, 0.1) is 23.7 Å². The van der Waals surface area contributed by atoms with Gasteiger partial charge in [-0.25, -0.2) is 0 Å². The molecule has 246 valence electrons. The first-order chi connectivity index (χ1) is 20.3. The fourth-order valence-electron chi connectivity index (χ4n) is 5.83. The molecule has 0 aromatic heterocycles. The van der Waals surface area contributed by atoms with E-state index in [0.717, 1.165) is 31.4 Å². The Hall–Kier alpha value is -1.86. The van der Waals surface area contributed by atoms with Gasteiger partial charge in [-0.3, -0.25) is 4.79 Å². The van der Waals surface area contributed by atoms with E-state index in [9.17, 15) is 4.79 Å². The van der Waals surface area contributed by atoms with E-state index >= 15 is 0 Å². The van der Waals surface area contributed by atoms with Crippen LogP contribution in [0.25, 0.3) is 0 Å². The molecule has 1 aromatic carbocycles. The van der Waals surface area contributed by atoms with Gasteiger partial charge in [-0.2, -0.15) is 0 Å². The van der Waals surface area contributed by atoms with Crippen molar-refractivity contribution in [2.75, 3.05) is 7.11 Å². The Labute approximate surface area is 271 Å². The molecule has 3 rings (SSSR count). The van der Waals surface area contributed by atoms with Crippen LogP contribution in [0.4, 0.5) is 0 Å². The van der Waals surface area contributed by atoms with Gasteiger partial charge in [0.2, 0.25) is 0 Å². The number of hydrogen-bond donors (Lipinski definition) is 0. The molecule has 0 bridgehead atoms. The summed E-state index contributed by atoms with van der Waals surface area (Å²) in [7, 11) is -2.61. The first-order valence-electron chi connectivity index (χ1n) is 16.6. The fraction of sp³-hybridized carbons (Fsp3) is 0.703. The molecule has 2 aliphatic rings. The maximum Gasteiger partial charge on any atom is 0.305 e. The molecule has 7 heteroatoms. The Morgan fingerprint density at radius 2 is 1.75 bits per heavy atom. The monoisotopic (exact) mass is 640 g/mol. The highest BCUT2D eigenvalue weighted by atomic mass is 28.4. The van der Waals surface area contributed by atoms with Crippen molar-refractivity contribution in [1.82, 2.24) is 0 Å². The van der Waals surface area contributed by atoms with Crippen molar-refractivity contribution >= 4 is 22.6 Å². The van der Waals surface area contributed by atoms with Crippen LogP contribution in [0.1, 0.15) is 98.1 Å². The molecule has 2 unspecified atom stereocenters. The summed E-state index contributed by atoms with van der Waals surface area (Å²) in [5, 5.41) is 0.232. The summed E-state index contributed by atoms with van der Waals surface area (Å²) in [6, 6.07) is 6.53. The van der Waals surface area contributed by atoms with E-state index in [4.69, 9.17) is 18.3 Å². The van der Waals surface area contributed by atoms with Crippen LogP contribution in [-0.4, -0.2) is 48.0 Å². The molecular formula is C37H60O5Si2. The SMILES string of the molecule is CC#CCC(C)C(/C=C/[C@@H]1[C@H]2c3cccc(CCCC(=O)OC)c3O[C@H]2C[C@H]1O[Si](C)(C)C(C)(C)C)O[Si](C)(C)C(C)(C)C. The average Bonchev–Trinajstić information content (AvgIpc) is 3.43. The zero-order valence-corrected chi connectivity index (χ0v) is 31.9. The van der Waals surface area contributed by atoms with E-state index in [2.05, 4.69) is 117 Å². The molecule has 0 saturated heterocycles. The number of rotatable bonds is 12. The highest BCUT2D eigenvalue weighted by Crippen LogP contribution is 2.54. The molecule has 1 aromatic rings. The molecular weight excluding hydrogens is 581 g/mol. The van der Waals surface area contributed by atoms with Gasteiger partial charge in [-0.05, 0) is 67.5 Å². The Kier molecular flexibility index (Phi) is 11.9. The molecule has 1 fully saturated rings. The maximum atomic E-state index is 11.7. The van der Waals surface area contributed by atoms with E-state index < -0.39 is 16.6 Å². The molecule has 0 radical (unpaired) electrons. The highest BCUT2D eigenvalue weighted by molar-refractivity contribution is 6.74. The van der Waals surface area contributed by atoms with Gasteiger partial charge in [0.15, 0.2) is 16.6 Å². The molecule has 1 aliphatic heterocycles. The lowest BCUT2D eigenvalue weighted by Gasteiger charge is -2.41. The van der Waals surface area contributed by atoms with E-state index in [1.165, 1.54) is 18.2 Å². The minimum Gasteiger partial charge on any atom is -0.489 e. The quantitative estimate of drug-likeness (QED) is 0.0986. The number of benzene rings is 1. The maximum absolute atomic E-state index is 11.7. The number of hydrogen-bond acceptors (Lipinski definition) is 5. The number of aryl methyl sites for hydroxylation is 1. The molecule has 0 amide bonds. The molecule has 1 saturated carbocycles. The van der Waals surface area contributed by atoms with Gasteiger partial charge in [0.1, 0.15) is 11.9 Å². The van der Waals surface area contributed by atoms with Crippen LogP contribution in [0.3, 0.4) is 0 Å². The molecule has 5 nitrogen and oxygen atoms in total. The summed E-state index contributed by atoms with van der Waals surface area (Å²) in [4.78, 5) is 11.7. The smallest absolute Gasteiger partial charge is 0.305 e. The third kappa shape index (κ3) is 8.48. The minimum atomic E-state index is -2.03. The Morgan fingerprint density at radius 1 is 1.09 bits per heavy atom. The lowest BCUT2D eigenvalue weighted by Crippen LogP contribution is -2.45. The molecule has 0 spiro atoms. The number of para-hydroxylation sites is 1. The number of carbonyl (C=O) groups is 1. The molecule has 1 aliphatic carbocycles. The number of carbonyl (C=O) groups excluding carboxylic acids is 1. The van der Waals surface area contributed by atoms with Crippen molar-refractivity contribution in [3.8, 4) is 17.6 Å². The summed E-state index contributed by atoms with van der Waals surface area (Å²) in [6.07, 6.45) is 8.51. The minimum absolute atomic E-state index is 0.0178. The van der Waals surface area contributed by atoms with Crippen LogP contribution in [0.15, 0.2) is 30.4 Å². The second kappa shape index (κ2) is 14.3. The number of ether oxygens (including phenoxy) is 2. The zero-order chi connectivity index (χ0) is 33.1. The van der Waals surface area contributed by atoms with Gasteiger partial charge in [-0.15, -0.1) is 11.8 Å². The average molecular weight is 641 g/mol. The molecule has 0 N–H and O–H groups in total. The summed E-state index contributed by atoms with van der Waals surface area (Å²) < 4.78 is 25.9. The van der Waals surface area contributed by atoms with Crippen molar-refractivity contribution in [3.63, 3.8) is 0 Å². The number of methoxy groups -OCH3 is 1. The lowest BCUT2D eigenvalue weighted by molar-refractivity contribution is -0.140. The van der Waals surface area contributed by atoms with E-state index in [-0.39, 0.29) is 52.1 Å². The van der Waals surface area contributed by atoms with Crippen LogP contribution in [0.2, 0.25) is 36.3 Å². The van der Waals surface area contributed by atoms with Gasteiger partial charge in [0, 0.05) is 36.7 Å². The van der Waals surface area contributed by atoms with Crippen LogP contribution < -0.4 is 4.74 Å².